The molecule has 0 aliphatic heterocycles. The highest BCUT2D eigenvalue weighted by atomic mass is 35.5. The number of rotatable bonds is 4. The Labute approximate surface area is 122 Å². The molecule has 3 aromatic rings. The molecule has 1 aromatic carbocycles. The third kappa shape index (κ3) is 2.54. The van der Waals surface area contributed by atoms with Crippen molar-refractivity contribution >= 4 is 17.1 Å². The van der Waals surface area contributed by atoms with Crippen molar-refractivity contribution in [2.75, 3.05) is 0 Å². The van der Waals surface area contributed by atoms with Gasteiger partial charge in [0.1, 0.15) is 0 Å². The second kappa shape index (κ2) is 5.63. The molecule has 0 radical (unpaired) electrons. The summed E-state index contributed by atoms with van der Waals surface area (Å²) in [5.74, 6) is 5.72. The number of hydrogen-bond donors (Lipinski definition) is 2. The molecule has 20 heavy (non-hydrogen) atoms. The number of pyridine rings is 1. The summed E-state index contributed by atoms with van der Waals surface area (Å²) in [6, 6.07) is 13.8. The van der Waals surface area contributed by atoms with Crippen LogP contribution in [0.4, 0.5) is 0 Å². The van der Waals surface area contributed by atoms with Crippen LogP contribution in [0.15, 0.2) is 54.9 Å². The van der Waals surface area contributed by atoms with Gasteiger partial charge in [0.05, 0.1) is 17.8 Å². The van der Waals surface area contributed by atoms with Gasteiger partial charge >= 0.3 is 0 Å². The zero-order valence-electron chi connectivity index (χ0n) is 10.8. The van der Waals surface area contributed by atoms with Crippen LogP contribution in [0.1, 0.15) is 17.2 Å². The molecule has 2 heterocycles. The van der Waals surface area contributed by atoms with E-state index in [-0.39, 0.29) is 6.04 Å². The number of nitrogens with one attached hydrogen (secondary N) is 1. The summed E-state index contributed by atoms with van der Waals surface area (Å²) in [4.78, 5) is 0. The van der Waals surface area contributed by atoms with Crippen molar-refractivity contribution in [2.45, 2.75) is 12.5 Å². The first-order chi connectivity index (χ1) is 9.78. The highest BCUT2D eigenvalue weighted by molar-refractivity contribution is 6.30. The lowest BCUT2D eigenvalue weighted by Crippen LogP contribution is -2.29. The third-order valence-electron chi connectivity index (χ3n) is 3.36. The molecule has 102 valence electrons. The van der Waals surface area contributed by atoms with Crippen LogP contribution in [0.2, 0.25) is 5.02 Å². The molecule has 1 atom stereocenters. The smallest absolute Gasteiger partial charge is 0.0710 e. The molecule has 0 aliphatic rings. The van der Waals surface area contributed by atoms with Crippen LogP contribution in [0, 0.1) is 0 Å². The van der Waals surface area contributed by atoms with Crippen molar-refractivity contribution in [1.82, 2.24) is 15.0 Å². The van der Waals surface area contributed by atoms with E-state index < -0.39 is 0 Å². The van der Waals surface area contributed by atoms with Gasteiger partial charge in [-0.2, -0.15) is 5.10 Å². The fourth-order valence-electron chi connectivity index (χ4n) is 2.38. The maximum Gasteiger partial charge on any atom is 0.0710 e. The first kappa shape index (κ1) is 13.1. The van der Waals surface area contributed by atoms with Gasteiger partial charge in [-0.3, -0.25) is 11.3 Å². The highest BCUT2D eigenvalue weighted by Gasteiger charge is 2.15. The van der Waals surface area contributed by atoms with Crippen molar-refractivity contribution in [2.24, 2.45) is 5.84 Å². The standard InChI is InChI=1S/C15H15ClN4/c16-12-5-3-4-11(8-12)9-14(19-17)13-10-18-20-7-2-1-6-15(13)20/h1-8,10,14,19H,9,17H2. The van der Waals surface area contributed by atoms with Crippen LogP contribution < -0.4 is 11.3 Å². The molecule has 0 saturated carbocycles. The first-order valence-corrected chi connectivity index (χ1v) is 6.78. The molecular weight excluding hydrogens is 272 g/mol. The minimum atomic E-state index is -0.00614. The fourth-order valence-corrected chi connectivity index (χ4v) is 2.59. The largest absolute Gasteiger partial charge is 0.271 e. The Kier molecular flexibility index (Phi) is 3.69. The molecule has 5 heteroatoms. The quantitative estimate of drug-likeness (QED) is 0.573. The van der Waals surface area contributed by atoms with Gasteiger partial charge in [0.15, 0.2) is 0 Å². The van der Waals surface area contributed by atoms with E-state index in [9.17, 15) is 0 Å². The normalized spacial score (nSPS) is 12.7. The van der Waals surface area contributed by atoms with E-state index in [2.05, 4.69) is 10.5 Å². The maximum absolute atomic E-state index is 6.02. The molecular formula is C15H15ClN4. The zero-order valence-corrected chi connectivity index (χ0v) is 11.6. The Hall–Kier alpha value is -1.88. The lowest BCUT2D eigenvalue weighted by atomic mass is 10.0. The van der Waals surface area contributed by atoms with Gasteiger partial charge in [0, 0.05) is 16.8 Å². The number of aromatic nitrogens is 2. The molecule has 0 saturated heterocycles. The monoisotopic (exact) mass is 286 g/mol. The Balaban J connectivity index is 1.93. The van der Waals surface area contributed by atoms with E-state index in [4.69, 9.17) is 17.4 Å². The van der Waals surface area contributed by atoms with Gasteiger partial charge in [-0.15, -0.1) is 0 Å². The van der Waals surface area contributed by atoms with Crippen LogP contribution >= 0.6 is 11.6 Å². The molecule has 1 unspecified atom stereocenters. The van der Waals surface area contributed by atoms with Crippen LogP contribution in [-0.4, -0.2) is 9.61 Å². The summed E-state index contributed by atoms with van der Waals surface area (Å²) >= 11 is 6.02. The Bertz CT molecular complexity index is 722. The number of nitrogens with two attached hydrogens (primary N) is 1. The molecule has 3 N–H and O–H groups in total. The SMILES string of the molecule is NNC(Cc1cccc(Cl)c1)c1cnn2ccccc12. The zero-order chi connectivity index (χ0) is 13.9. The number of hydrazine groups is 1. The van der Waals surface area contributed by atoms with Gasteiger partial charge < -0.3 is 0 Å². The number of fused-ring (bicyclic) bond motifs is 1. The summed E-state index contributed by atoms with van der Waals surface area (Å²) in [7, 11) is 0. The Morgan fingerprint density at radius 1 is 1.25 bits per heavy atom. The number of halogens is 1. The molecule has 3 rings (SSSR count). The first-order valence-electron chi connectivity index (χ1n) is 6.41. The van der Waals surface area contributed by atoms with Crippen molar-refractivity contribution in [3.8, 4) is 0 Å². The van der Waals surface area contributed by atoms with Gasteiger partial charge in [0.25, 0.3) is 0 Å². The minimum Gasteiger partial charge on any atom is -0.271 e. The predicted molar refractivity (Wildman–Crippen MR) is 80.4 cm³/mol. The summed E-state index contributed by atoms with van der Waals surface area (Å²) in [6.45, 7) is 0. The van der Waals surface area contributed by atoms with Crippen molar-refractivity contribution in [3.05, 3.63) is 71.0 Å². The molecule has 0 bridgehead atoms. The van der Waals surface area contributed by atoms with E-state index in [1.165, 1.54) is 0 Å². The highest BCUT2D eigenvalue weighted by Crippen LogP contribution is 2.23. The number of nitrogens with zero attached hydrogens (tertiary/aromatic N) is 2. The lowest BCUT2D eigenvalue weighted by Gasteiger charge is -2.15. The van der Waals surface area contributed by atoms with Crippen LogP contribution in [0.5, 0.6) is 0 Å². The Morgan fingerprint density at radius 3 is 2.95 bits per heavy atom. The van der Waals surface area contributed by atoms with E-state index in [1.54, 1.807) is 0 Å². The van der Waals surface area contributed by atoms with Crippen molar-refractivity contribution in [3.63, 3.8) is 0 Å². The van der Waals surface area contributed by atoms with Gasteiger partial charge in [-0.05, 0) is 36.2 Å². The van der Waals surface area contributed by atoms with E-state index >= 15 is 0 Å². The van der Waals surface area contributed by atoms with E-state index in [1.807, 2.05) is 59.4 Å². The molecule has 0 spiro atoms. The summed E-state index contributed by atoms with van der Waals surface area (Å²) in [5, 5.41) is 5.08. The second-order valence-electron chi connectivity index (χ2n) is 4.68. The summed E-state index contributed by atoms with van der Waals surface area (Å²) in [5.41, 5.74) is 6.13. The molecule has 0 fully saturated rings. The lowest BCUT2D eigenvalue weighted by molar-refractivity contribution is 0.555. The average Bonchev–Trinajstić information content (AvgIpc) is 2.89. The molecule has 0 aliphatic carbocycles. The van der Waals surface area contributed by atoms with Crippen LogP contribution in [0.25, 0.3) is 5.52 Å². The summed E-state index contributed by atoms with van der Waals surface area (Å²) < 4.78 is 1.84. The maximum atomic E-state index is 6.02. The van der Waals surface area contributed by atoms with Crippen LogP contribution in [-0.2, 0) is 6.42 Å². The molecule has 0 amide bonds. The Morgan fingerprint density at radius 2 is 2.15 bits per heavy atom. The van der Waals surface area contributed by atoms with Crippen molar-refractivity contribution in [1.29, 1.82) is 0 Å². The number of benzene rings is 1. The third-order valence-corrected chi connectivity index (χ3v) is 3.60. The van der Waals surface area contributed by atoms with Gasteiger partial charge in [0.2, 0.25) is 0 Å². The fraction of sp³-hybridized carbons (Fsp3) is 0.133. The topological polar surface area (TPSA) is 55.3 Å². The van der Waals surface area contributed by atoms with E-state index in [0.29, 0.717) is 0 Å². The summed E-state index contributed by atoms with van der Waals surface area (Å²) in [6.07, 6.45) is 4.53. The molecule has 4 nitrogen and oxygen atoms in total. The van der Waals surface area contributed by atoms with E-state index in [0.717, 1.165) is 28.1 Å². The van der Waals surface area contributed by atoms with Gasteiger partial charge in [-0.1, -0.05) is 29.8 Å². The second-order valence-corrected chi connectivity index (χ2v) is 5.12. The van der Waals surface area contributed by atoms with Crippen molar-refractivity contribution < 1.29 is 0 Å². The average molecular weight is 287 g/mol. The van der Waals surface area contributed by atoms with Crippen LogP contribution in [0.3, 0.4) is 0 Å². The minimum absolute atomic E-state index is 0.00614. The molecule has 2 aromatic heterocycles. The van der Waals surface area contributed by atoms with Gasteiger partial charge in [-0.25, -0.2) is 4.52 Å². The number of hydrogen-bond acceptors (Lipinski definition) is 3. The predicted octanol–water partition coefficient (Wildman–Crippen LogP) is 2.73.